The predicted octanol–water partition coefficient (Wildman–Crippen LogP) is 1.58. The summed E-state index contributed by atoms with van der Waals surface area (Å²) in [5.41, 5.74) is 13.4. The third-order valence-corrected chi connectivity index (χ3v) is 4.95. The van der Waals surface area contributed by atoms with Gasteiger partial charge in [-0.25, -0.2) is 4.98 Å². The maximum Gasteiger partial charge on any atom is 0.254 e. The van der Waals surface area contributed by atoms with Crippen molar-refractivity contribution < 1.29 is 4.79 Å². The van der Waals surface area contributed by atoms with Crippen LogP contribution in [0.3, 0.4) is 0 Å². The van der Waals surface area contributed by atoms with Gasteiger partial charge < -0.3 is 22.1 Å². The first-order chi connectivity index (χ1) is 14.1. The molecule has 1 aromatic carbocycles. The molecule has 2 atom stereocenters. The zero-order chi connectivity index (χ0) is 20.2. The molecule has 1 saturated carbocycles. The van der Waals surface area contributed by atoms with E-state index in [1.165, 1.54) is 11.0 Å². The standard InChI is InChI=1S/C19H23N9O/c20-15-6-1-2-7-16(15)26-19-22-11-14(17(21)29)18(27-19)25-12-4-3-5-13(10-12)28-23-8-9-24-28/h3-5,8-11,15-16H,1-2,6-7,20H2,(H2,21,29)(H2,22,25,26,27). The number of hydrogen-bond donors (Lipinski definition) is 4. The van der Waals surface area contributed by atoms with Gasteiger partial charge in [-0.15, -0.1) is 0 Å². The Labute approximate surface area is 167 Å². The number of carbonyl (C=O) groups excluding carboxylic acids is 1. The highest BCUT2D eigenvalue weighted by molar-refractivity contribution is 5.98. The highest BCUT2D eigenvalue weighted by Gasteiger charge is 2.23. The lowest BCUT2D eigenvalue weighted by Crippen LogP contribution is -2.43. The summed E-state index contributed by atoms with van der Waals surface area (Å²) >= 11 is 0. The van der Waals surface area contributed by atoms with Crippen LogP contribution in [0.4, 0.5) is 17.5 Å². The van der Waals surface area contributed by atoms with Gasteiger partial charge in [-0.2, -0.15) is 20.0 Å². The Kier molecular flexibility index (Phi) is 5.34. The minimum atomic E-state index is -0.613. The molecule has 2 aromatic heterocycles. The molecule has 2 heterocycles. The van der Waals surface area contributed by atoms with Crippen molar-refractivity contribution in [1.82, 2.24) is 25.0 Å². The number of nitrogens with two attached hydrogens (primary N) is 2. The number of rotatable bonds is 6. The average Bonchev–Trinajstić information content (AvgIpc) is 3.25. The summed E-state index contributed by atoms with van der Waals surface area (Å²) in [6.45, 7) is 0. The van der Waals surface area contributed by atoms with Crippen molar-refractivity contribution in [3.05, 3.63) is 48.4 Å². The van der Waals surface area contributed by atoms with E-state index >= 15 is 0 Å². The van der Waals surface area contributed by atoms with E-state index < -0.39 is 5.91 Å². The van der Waals surface area contributed by atoms with E-state index in [1.54, 1.807) is 12.4 Å². The van der Waals surface area contributed by atoms with Crippen LogP contribution in [0.1, 0.15) is 36.0 Å². The molecule has 10 nitrogen and oxygen atoms in total. The molecule has 0 radical (unpaired) electrons. The molecule has 1 amide bonds. The van der Waals surface area contributed by atoms with Crippen LogP contribution in [0.5, 0.6) is 0 Å². The van der Waals surface area contributed by atoms with Gasteiger partial charge in [-0.05, 0) is 31.0 Å². The molecule has 0 saturated heterocycles. The number of nitrogens with zero attached hydrogens (tertiary/aromatic N) is 5. The SMILES string of the molecule is NC(=O)c1cnc(NC2CCCCC2N)nc1Nc1cccc(-n2nccn2)c1. The summed E-state index contributed by atoms with van der Waals surface area (Å²) in [5.74, 6) is 0.119. The van der Waals surface area contributed by atoms with Crippen LogP contribution in [0.15, 0.2) is 42.9 Å². The molecule has 0 aliphatic heterocycles. The van der Waals surface area contributed by atoms with E-state index in [2.05, 4.69) is 30.8 Å². The molecule has 0 bridgehead atoms. The van der Waals surface area contributed by atoms with Crippen molar-refractivity contribution in [2.24, 2.45) is 11.5 Å². The summed E-state index contributed by atoms with van der Waals surface area (Å²) < 4.78 is 0. The predicted molar refractivity (Wildman–Crippen MR) is 109 cm³/mol. The van der Waals surface area contributed by atoms with Crippen LogP contribution in [0.25, 0.3) is 5.69 Å². The number of anilines is 3. The van der Waals surface area contributed by atoms with Gasteiger partial charge in [-0.3, -0.25) is 4.79 Å². The van der Waals surface area contributed by atoms with E-state index in [1.807, 2.05) is 24.3 Å². The van der Waals surface area contributed by atoms with E-state index in [0.29, 0.717) is 17.5 Å². The second kappa shape index (κ2) is 8.23. The summed E-state index contributed by atoms with van der Waals surface area (Å²) in [6.07, 6.45) is 8.81. The Hall–Kier alpha value is -3.53. The molecular formula is C19H23N9O. The maximum absolute atomic E-state index is 11.9. The average molecular weight is 393 g/mol. The Morgan fingerprint density at radius 2 is 1.97 bits per heavy atom. The summed E-state index contributed by atoms with van der Waals surface area (Å²) in [5, 5.41) is 14.7. The minimum absolute atomic E-state index is 0.0535. The Morgan fingerprint density at radius 1 is 1.17 bits per heavy atom. The number of hydrogen-bond acceptors (Lipinski definition) is 8. The molecule has 6 N–H and O–H groups in total. The minimum Gasteiger partial charge on any atom is -0.365 e. The van der Waals surface area contributed by atoms with E-state index in [9.17, 15) is 4.79 Å². The zero-order valence-electron chi connectivity index (χ0n) is 15.8. The highest BCUT2D eigenvalue weighted by atomic mass is 16.1. The molecule has 0 spiro atoms. The molecule has 1 fully saturated rings. The van der Waals surface area contributed by atoms with Crippen LogP contribution in [-0.2, 0) is 0 Å². The van der Waals surface area contributed by atoms with Crippen LogP contribution >= 0.6 is 0 Å². The third kappa shape index (κ3) is 4.32. The third-order valence-electron chi connectivity index (χ3n) is 4.95. The van der Waals surface area contributed by atoms with Crippen LogP contribution in [0.2, 0.25) is 0 Å². The van der Waals surface area contributed by atoms with Gasteiger partial charge in [0.05, 0.1) is 18.1 Å². The number of aromatic nitrogens is 5. The van der Waals surface area contributed by atoms with Crippen molar-refractivity contribution in [3.8, 4) is 5.69 Å². The lowest BCUT2D eigenvalue weighted by atomic mass is 9.91. The first-order valence-electron chi connectivity index (χ1n) is 9.53. The van der Waals surface area contributed by atoms with E-state index in [4.69, 9.17) is 11.5 Å². The fourth-order valence-electron chi connectivity index (χ4n) is 3.43. The van der Waals surface area contributed by atoms with Crippen molar-refractivity contribution in [2.75, 3.05) is 10.6 Å². The molecule has 150 valence electrons. The van der Waals surface area contributed by atoms with Gasteiger partial charge in [-0.1, -0.05) is 18.9 Å². The van der Waals surface area contributed by atoms with E-state index in [0.717, 1.165) is 31.4 Å². The van der Waals surface area contributed by atoms with Gasteiger partial charge in [0.1, 0.15) is 11.4 Å². The lowest BCUT2D eigenvalue weighted by molar-refractivity contribution is 0.100. The number of primary amides is 1. The van der Waals surface area contributed by atoms with Gasteiger partial charge >= 0.3 is 0 Å². The molecule has 1 aliphatic carbocycles. The van der Waals surface area contributed by atoms with Crippen LogP contribution < -0.4 is 22.1 Å². The fraction of sp³-hybridized carbons (Fsp3) is 0.316. The lowest BCUT2D eigenvalue weighted by Gasteiger charge is -2.29. The summed E-state index contributed by atoms with van der Waals surface area (Å²) in [4.78, 5) is 22.1. The number of carbonyl (C=O) groups is 1. The van der Waals surface area contributed by atoms with Crippen molar-refractivity contribution in [1.29, 1.82) is 0 Å². The maximum atomic E-state index is 11.9. The molecule has 2 unspecified atom stereocenters. The summed E-state index contributed by atoms with van der Waals surface area (Å²) in [7, 11) is 0. The van der Waals surface area contributed by atoms with Crippen molar-refractivity contribution >= 4 is 23.4 Å². The summed E-state index contributed by atoms with van der Waals surface area (Å²) in [6, 6.07) is 7.58. The topological polar surface area (TPSA) is 150 Å². The molecule has 4 rings (SSSR count). The Balaban J connectivity index is 1.60. The van der Waals surface area contributed by atoms with Crippen molar-refractivity contribution in [3.63, 3.8) is 0 Å². The largest absolute Gasteiger partial charge is 0.365 e. The number of amides is 1. The number of benzene rings is 1. The van der Waals surface area contributed by atoms with Crippen LogP contribution in [-0.4, -0.2) is 43.0 Å². The second-order valence-electron chi connectivity index (χ2n) is 7.01. The first-order valence-corrected chi connectivity index (χ1v) is 9.53. The van der Waals surface area contributed by atoms with Gasteiger partial charge in [0.25, 0.3) is 5.91 Å². The quantitative estimate of drug-likeness (QED) is 0.493. The van der Waals surface area contributed by atoms with Gasteiger partial charge in [0.15, 0.2) is 0 Å². The van der Waals surface area contributed by atoms with E-state index in [-0.39, 0.29) is 17.6 Å². The second-order valence-corrected chi connectivity index (χ2v) is 7.01. The molecule has 29 heavy (non-hydrogen) atoms. The number of nitrogens with one attached hydrogen (secondary N) is 2. The zero-order valence-corrected chi connectivity index (χ0v) is 15.8. The smallest absolute Gasteiger partial charge is 0.254 e. The molecular weight excluding hydrogens is 370 g/mol. The first kappa shape index (κ1) is 18.8. The highest BCUT2D eigenvalue weighted by Crippen LogP contribution is 2.24. The normalized spacial score (nSPS) is 18.9. The van der Waals surface area contributed by atoms with Gasteiger partial charge in [0.2, 0.25) is 5.95 Å². The molecule has 1 aliphatic rings. The monoisotopic (exact) mass is 393 g/mol. The Bertz CT molecular complexity index is 989. The van der Waals surface area contributed by atoms with Gasteiger partial charge in [0, 0.05) is 24.0 Å². The Morgan fingerprint density at radius 3 is 2.72 bits per heavy atom. The molecule has 3 aromatic rings. The van der Waals surface area contributed by atoms with Crippen molar-refractivity contribution in [2.45, 2.75) is 37.8 Å². The van der Waals surface area contributed by atoms with Crippen LogP contribution in [0, 0.1) is 0 Å². The fourth-order valence-corrected chi connectivity index (χ4v) is 3.43. The molecule has 10 heteroatoms.